The van der Waals surface area contributed by atoms with Crippen LogP contribution in [0.5, 0.6) is 5.75 Å². The number of aryl methyl sites for hydroxylation is 2. The summed E-state index contributed by atoms with van der Waals surface area (Å²) in [6.07, 6.45) is 1.47. The number of aromatic hydroxyl groups is 1. The number of nitrogens with zero attached hydrogens (tertiary/aromatic N) is 2. The number of carbonyl (C=O) groups is 1. The maximum absolute atomic E-state index is 11.1. The van der Waals surface area contributed by atoms with Gasteiger partial charge in [-0.25, -0.2) is 9.78 Å². The first-order chi connectivity index (χ1) is 13.4. The summed E-state index contributed by atoms with van der Waals surface area (Å²) in [5.41, 5.74) is 4.70. The number of anilines is 1. The molecule has 7 heteroatoms. The highest BCUT2D eigenvalue weighted by Crippen LogP contribution is 2.28. The minimum Gasteiger partial charge on any atom is -0.507 e. The van der Waals surface area contributed by atoms with Gasteiger partial charge in [0.15, 0.2) is 0 Å². The van der Waals surface area contributed by atoms with Gasteiger partial charge >= 0.3 is 5.97 Å². The van der Waals surface area contributed by atoms with E-state index < -0.39 is 5.97 Å². The summed E-state index contributed by atoms with van der Waals surface area (Å²) in [7, 11) is 0. The average molecular weight is 391 g/mol. The van der Waals surface area contributed by atoms with Gasteiger partial charge in [-0.1, -0.05) is 12.1 Å². The van der Waals surface area contributed by atoms with Gasteiger partial charge in [0.25, 0.3) is 0 Å². The molecular weight excluding hydrogens is 374 g/mol. The molecule has 0 aliphatic rings. The van der Waals surface area contributed by atoms with Crippen molar-refractivity contribution in [2.24, 2.45) is 0 Å². The molecule has 2 aromatic carbocycles. The molecule has 0 amide bonds. The van der Waals surface area contributed by atoms with Crippen molar-refractivity contribution >= 4 is 28.6 Å². The minimum atomic E-state index is -1.23. The summed E-state index contributed by atoms with van der Waals surface area (Å²) < 4.78 is 0. The highest BCUT2D eigenvalue weighted by Gasteiger charge is 2.12. The Morgan fingerprint density at radius 3 is 2.68 bits per heavy atom. The normalized spacial score (nSPS) is 11.1. The van der Waals surface area contributed by atoms with Gasteiger partial charge in [0.05, 0.1) is 5.69 Å². The molecule has 3 N–H and O–H groups in total. The van der Waals surface area contributed by atoms with Gasteiger partial charge in [-0.3, -0.25) is 0 Å². The van der Waals surface area contributed by atoms with Crippen LogP contribution >= 0.6 is 11.3 Å². The van der Waals surface area contributed by atoms with E-state index in [0.717, 1.165) is 11.3 Å². The second-order valence-corrected chi connectivity index (χ2v) is 7.05. The van der Waals surface area contributed by atoms with Crippen molar-refractivity contribution in [1.82, 2.24) is 4.98 Å². The number of phenols is 1. The predicted molar refractivity (Wildman–Crippen MR) is 109 cm³/mol. The Morgan fingerprint density at radius 2 is 2.00 bits per heavy atom. The number of allylic oxidation sites excluding steroid dienone is 1. The van der Waals surface area contributed by atoms with Gasteiger partial charge in [0.1, 0.15) is 28.0 Å². The van der Waals surface area contributed by atoms with Gasteiger partial charge in [-0.05, 0) is 49.2 Å². The molecule has 0 radical (unpaired) electrons. The van der Waals surface area contributed by atoms with Crippen LogP contribution in [0.3, 0.4) is 0 Å². The molecule has 140 valence electrons. The maximum atomic E-state index is 11.1. The first-order valence-corrected chi connectivity index (χ1v) is 9.23. The number of benzene rings is 2. The zero-order chi connectivity index (χ0) is 20.3. The van der Waals surface area contributed by atoms with E-state index in [2.05, 4.69) is 22.4 Å². The summed E-state index contributed by atoms with van der Waals surface area (Å²) in [6, 6.07) is 12.3. The molecule has 3 rings (SSSR count). The Hall–Kier alpha value is -3.63. The lowest BCUT2D eigenvalue weighted by molar-refractivity contribution is 0.0694. The zero-order valence-corrected chi connectivity index (χ0v) is 16.0. The molecule has 6 nitrogen and oxygen atoms in total. The topological polar surface area (TPSA) is 106 Å². The third-order valence-corrected chi connectivity index (χ3v) is 5.14. The number of carboxylic acids is 1. The fourth-order valence-corrected chi connectivity index (χ4v) is 3.32. The number of nitriles is 1. The van der Waals surface area contributed by atoms with E-state index in [1.54, 1.807) is 0 Å². The Morgan fingerprint density at radius 1 is 1.21 bits per heavy atom. The molecule has 0 fully saturated rings. The predicted octanol–water partition coefficient (Wildman–Crippen LogP) is 4.81. The number of thiazole rings is 1. The van der Waals surface area contributed by atoms with E-state index in [1.807, 2.05) is 31.4 Å². The molecule has 0 spiro atoms. The fourth-order valence-electron chi connectivity index (χ4n) is 2.53. The molecule has 0 aliphatic carbocycles. The van der Waals surface area contributed by atoms with Gasteiger partial charge < -0.3 is 15.5 Å². The van der Waals surface area contributed by atoms with Crippen molar-refractivity contribution in [3.63, 3.8) is 0 Å². The van der Waals surface area contributed by atoms with Crippen molar-refractivity contribution in [2.75, 3.05) is 5.32 Å². The van der Waals surface area contributed by atoms with Crippen LogP contribution in [-0.4, -0.2) is 21.2 Å². The van der Waals surface area contributed by atoms with Crippen molar-refractivity contribution in [2.45, 2.75) is 13.8 Å². The number of aromatic carboxylic acids is 1. The number of hydrogen-bond donors (Lipinski definition) is 3. The lowest BCUT2D eigenvalue weighted by atomic mass is 10.1. The van der Waals surface area contributed by atoms with E-state index in [4.69, 9.17) is 5.11 Å². The molecule has 0 bridgehead atoms. The number of nitrogens with one attached hydrogen (secondary N) is 1. The van der Waals surface area contributed by atoms with Gasteiger partial charge in [-0.15, -0.1) is 11.3 Å². The molecule has 28 heavy (non-hydrogen) atoms. The van der Waals surface area contributed by atoms with Crippen molar-refractivity contribution in [1.29, 1.82) is 5.26 Å². The summed E-state index contributed by atoms with van der Waals surface area (Å²) in [5, 5.41) is 33.5. The first-order valence-electron chi connectivity index (χ1n) is 8.35. The third-order valence-electron chi connectivity index (χ3n) is 4.27. The molecule has 0 atom stereocenters. The van der Waals surface area contributed by atoms with Gasteiger partial charge in [0.2, 0.25) is 0 Å². The molecule has 0 saturated heterocycles. The van der Waals surface area contributed by atoms with Crippen LogP contribution in [0, 0.1) is 25.2 Å². The standard InChI is InChI=1S/C21H17N3O3S/c1-12-3-4-14(7-13(12)2)18-11-28-20(24-18)15(9-22)10-23-16-5-6-19(25)17(8-16)21(26)27/h3-8,10-11,23,25H,1-2H3,(H,26,27). The molecule has 0 saturated carbocycles. The van der Waals surface area contributed by atoms with Crippen LogP contribution in [0.4, 0.5) is 5.69 Å². The highest BCUT2D eigenvalue weighted by molar-refractivity contribution is 7.11. The van der Waals surface area contributed by atoms with Crippen LogP contribution in [0.15, 0.2) is 48.0 Å². The Kier molecular flexibility index (Phi) is 5.43. The van der Waals surface area contributed by atoms with Crippen LogP contribution in [0.2, 0.25) is 0 Å². The second kappa shape index (κ2) is 7.94. The van der Waals surface area contributed by atoms with Crippen molar-refractivity contribution in [3.05, 3.63) is 69.7 Å². The lowest BCUT2D eigenvalue weighted by Crippen LogP contribution is -1.98. The van der Waals surface area contributed by atoms with E-state index in [1.165, 1.54) is 46.9 Å². The number of rotatable bonds is 5. The quantitative estimate of drug-likeness (QED) is 0.426. The molecular formula is C21H17N3O3S. The first kappa shape index (κ1) is 19.1. The van der Waals surface area contributed by atoms with Crippen molar-refractivity contribution in [3.8, 4) is 23.1 Å². The largest absolute Gasteiger partial charge is 0.507 e. The number of carboxylic acid groups (broad SMARTS) is 1. The highest BCUT2D eigenvalue weighted by atomic mass is 32.1. The minimum absolute atomic E-state index is 0.219. The molecule has 1 aromatic heterocycles. The van der Waals surface area contributed by atoms with E-state index in [9.17, 15) is 15.2 Å². The summed E-state index contributed by atoms with van der Waals surface area (Å²) >= 11 is 1.36. The second-order valence-electron chi connectivity index (χ2n) is 6.19. The van der Waals surface area contributed by atoms with Crippen LogP contribution in [0.1, 0.15) is 26.5 Å². The summed E-state index contributed by atoms with van der Waals surface area (Å²) in [5.74, 6) is -1.55. The monoisotopic (exact) mass is 391 g/mol. The summed E-state index contributed by atoms with van der Waals surface area (Å²) in [6.45, 7) is 4.09. The summed E-state index contributed by atoms with van der Waals surface area (Å²) in [4.78, 5) is 15.7. The van der Waals surface area contributed by atoms with Gasteiger partial charge in [0, 0.05) is 22.8 Å². The van der Waals surface area contributed by atoms with Crippen LogP contribution in [-0.2, 0) is 0 Å². The van der Waals surface area contributed by atoms with Gasteiger partial charge in [-0.2, -0.15) is 5.26 Å². The maximum Gasteiger partial charge on any atom is 0.339 e. The van der Waals surface area contributed by atoms with Crippen LogP contribution < -0.4 is 5.32 Å². The molecule has 0 unspecified atom stereocenters. The smallest absolute Gasteiger partial charge is 0.339 e. The Balaban J connectivity index is 1.85. The Labute approximate surface area is 166 Å². The average Bonchev–Trinajstić information content (AvgIpc) is 3.15. The zero-order valence-electron chi connectivity index (χ0n) is 15.2. The fraction of sp³-hybridized carbons (Fsp3) is 0.0952. The number of hydrogen-bond acceptors (Lipinski definition) is 6. The van der Waals surface area contributed by atoms with E-state index in [-0.39, 0.29) is 11.3 Å². The van der Waals surface area contributed by atoms with E-state index >= 15 is 0 Å². The number of aromatic nitrogens is 1. The van der Waals surface area contributed by atoms with Crippen molar-refractivity contribution < 1.29 is 15.0 Å². The SMILES string of the molecule is Cc1ccc(-c2csc(C(C#N)=CNc3ccc(O)c(C(=O)O)c3)n2)cc1C. The molecule has 0 aliphatic heterocycles. The molecule has 1 heterocycles. The lowest BCUT2D eigenvalue weighted by Gasteiger charge is -2.05. The Bertz CT molecular complexity index is 1130. The molecule has 3 aromatic rings. The van der Waals surface area contributed by atoms with Crippen LogP contribution in [0.25, 0.3) is 16.8 Å². The third kappa shape index (κ3) is 4.03. The van der Waals surface area contributed by atoms with E-state index in [0.29, 0.717) is 16.3 Å².